The van der Waals surface area contributed by atoms with Gasteiger partial charge >= 0.3 is 0 Å². The normalized spacial score (nSPS) is 11.6. The second kappa shape index (κ2) is 10.2. The third-order valence-corrected chi connectivity index (χ3v) is 14.3. The molecule has 0 radical (unpaired) electrons. The lowest BCUT2D eigenvalue weighted by Crippen LogP contribution is -2.43. The molecule has 0 aliphatic heterocycles. The van der Waals surface area contributed by atoms with Crippen molar-refractivity contribution in [3.05, 3.63) is 43.8 Å². The third kappa shape index (κ3) is 6.50. The van der Waals surface area contributed by atoms with Crippen LogP contribution in [0.5, 0.6) is 0 Å². The maximum absolute atomic E-state index is 3.81. The second-order valence-corrected chi connectivity index (χ2v) is 22.2. The highest BCUT2D eigenvalue weighted by Gasteiger charge is 2.41. The first-order chi connectivity index (χ1) is 13.9. The fraction of sp³-hybridized carbons (Fsp3) is 0.462. The van der Waals surface area contributed by atoms with E-state index in [0.29, 0.717) is 16.6 Å². The Balaban J connectivity index is 2.21. The monoisotopic (exact) mass is 466 g/mol. The lowest BCUT2D eigenvalue weighted by molar-refractivity contribution is 0.838. The lowest BCUT2D eigenvalue weighted by Gasteiger charge is -2.38. The molecular weight excluding hydrogens is 433 g/mol. The van der Waals surface area contributed by atoms with Gasteiger partial charge in [-0.25, -0.2) is 0 Å². The van der Waals surface area contributed by atoms with Gasteiger partial charge in [-0.15, -0.1) is 33.8 Å². The zero-order chi connectivity index (χ0) is 22.5. The Morgan fingerprint density at radius 1 is 0.567 bits per heavy atom. The van der Waals surface area contributed by atoms with E-state index in [0.717, 1.165) is 19.5 Å². The molecule has 2 aromatic rings. The Labute approximate surface area is 194 Å². The third-order valence-electron chi connectivity index (χ3n) is 5.35. The quantitative estimate of drug-likeness (QED) is 0.317. The zero-order valence-corrected chi connectivity index (χ0v) is 23.5. The summed E-state index contributed by atoms with van der Waals surface area (Å²) in [5.74, 6) is 13.5. The van der Waals surface area contributed by atoms with Gasteiger partial charge in [-0.05, 0) is 52.7 Å². The number of hydrogen-bond donors (Lipinski definition) is 0. The smallest absolute Gasteiger partial charge is 0.126 e. The predicted molar refractivity (Wildman–Crippen MR) is 143 cm³/mol. The van der Waals surface area contributed by atoms with E-state index in [2.05, 4.69) is 120 Å². The van der Waals surface area contributed by atoms with Crippen molar-refractivity contribution in [3.63, 3.8) is 0 Å². The minimum absolute atomic E-state index is 0.654. The van der Waals surface area contributed by atoms with Crippen LogP contribution in [-0.4, -0.2) is 16.1 Å². The first kappa shape index (κ1) is 24.8. The molecule has 0 saturated carbocycles. The summed E-state index contributed by atoms with van der Waals surface area (Å²) in [7, 11) is -3.03. The summed E-state index contributed by atoms with van der Waals surface area (Å²) in [6.07, 6.45) is 0. The van der Waals surface area contributed by atoms with Gasteiger partial charge in [-0.2, -0.15) is 0 Å². The standard InChI is InChI=1S/C26H34S2Si2/c1-20(2)30(21(3)4,22(5)6)19-17-26-15-13-24(28-26)11-10-23-12-14-25(27-23)16-18-29(7,8)9/h12-15,20-22H,1-9H3. The first-order valence-electron chi connectivity index (χ1n) is 10.7. The van der Waals surface area contributed by atoms with Gasteiger partial charge in [0.25, 0.3) is 0 Å². The average molecular weight is 467 g/mol. The van der Waals surface area contributed by atoms with Crippen LogP contribution in [0.2, 0.25) is 36.3 Å². The first-order valence-corrected chi connectivity index (χ1v) is 18.1. The fourth-order valence-electron chi connectivity index (χ4n) is 3.92. The van der Waals surface area contributed by atoms with Crippen LogP contribution in [0.25, 0.3) is 0 Å². The molecule has 0 aromatic carbocycles. The molecule has 0 fully saturated rings. The summed E-state index contributed by atoms with van der Waals surface area (Å²) in [5, 5.41) is 0. The molecule has 2 heterocycles. The molecular formula is C26H34S2Si2. The van der Waals surface area contributed by atoms with Crippen molar-refractivity contribution in [2.24, 2.45) is 0 Å². The van der Waals surface area contributed by atoms with Crippen molar-refractivity contribution in [2.75, 3.05) is 0 Å². The Morgan fingerprint density at radius 2 is 0.900 bits per heavy atom. The van der Waals surface area contributed by atoms with E-state index in [-0.39, 0.29) is 0 Å². The molecule has 30 heavy (non-hydrogen) atoms. The van der Waals surface area contributed by atoms with Gasteiger partial charge in [0.2, 0.25) is 0 Å². The molecule has 4 heteroatoms. The zero-order valence-electron chi connectivity index (χ0n) is 19.9. The molecule has 158 valence electrons. The summed E-state index contributed by atoms with van der Waals surface area (Å²) in [6, 6.07) is 8.39. The topological polar surface area (TPSA) is 0 Å². The Kier molecular flexibility index (Phi) is 8.44. The number of rotatable bonds is 3. The van der Waals surface area contributed by atoms with Crippen molar-refractivity contribution in [3.8, 4) is 34.8 Å². The minimum Gasteiger partial charge on any atom is -0.126 e. The van der Waals surface area contributed by atoms with E-state index >= 15 is 0 Å². The molecule has 0 saturated heterocycles. The summed E-state index contributed by atoms with van der Waals surface area (Å²) in [6.45, 7) is 20.9. The van der Waals surface area contributed by atoms with Gasteiger partial charge in [0, 0.05) is 0 Å². The highest BCUT2D eigenvalue weighted by Crippen LogP contribution is 2.40. The summed E-state index contributed by atoms with van der Waals surface area (Å²) in [5.41, 5.74) is 9.19. The van der Waals surface area contributed by atoms with Crippen LogP contribution >= 0.6 is 22.7 Å². The molecule has 0 atom stereocenters. The van der Waals surface area contributed by atoms with Gasteiger partial charge in [-0.1, -0.05) is 73.0 Å². The summed E-state index contributed by atoms with van der Waals surface area (Å²) in [4.78, 5) is 4.39. The molecule has 0 amide bonds. The largest absolute Gasteiger partial charge is 0.146 e. The van der Waals surface area contributed by atoms with Crippen molar-refractivity contribution in [1.82, 2.24) is 0 Å². The molecule has 0 N–H and O–H groups in total. The fourth-order valence-corrected chi connectivity index (χ4v) is 11.3. The highest BCUT2D eigenvalue weighted by molar-refractivity contribution is 7.13. The Morgan fingerprint density at radius 3 is 1.23 bits per heavy atom. The van der Waals surface area contributed by atoms with Gasteiger partial charge in [0.05, 0.1) is 19.5 Å². The second-order valence-electron chi connectivity index (χ2n) is 9.72. The summed E-state index contributed by atoms with van der Waals surface area (Å²) < 4.78 is 0. The van der Waals surface area contributed by atoms with Crippen molar-refractivity contribution >= 4 is 38.8 Å². The maximum Gasteiger partial charge on any atom is 0.146 e. The van der Waals surface area contributed by atoms with E-state index in [1.807, 2.05) is 0 Å². The van der Waals surface area contributed by atoms with Crippen molar-refractivity contribution in [1.29, 1.82) is 0 Å². The molecule has 0 spiro atoms. The molecule has 2 rings (SSSR count). The van der Waals surface area contributed by atoms with Gasteiger partial charge < -0.3 is 0 Å². The van der Waals surface area contributed by atoms with E-state index in [9.17, 15) is 0 Å². The van der Waals surface area contributed by atoms with Crippen LogP contribution in [0.15, 0.2) is 24.3 Å². The molecule has 0 unspecified atom stereocenters. The van der Waals surface area contributed by atoms with E-state index in [4.69, 9.17) is 0 Å². The summed E-state index contributed by atoms with van der Waals surface area (Å²) >= 11 is 3.39. The van der Waals surface area contributed by atoms with Crippen LogP contribution < -0.4 is 0 Å². The lowest BCUT2D eigenvalue weighted by atomic mass is 10.4. The van der Waals surface area contributed by atoms with Gasteiger partial charge in [0.1, 0.15) is 16.1 Å². The average Bonchev–Trinajstić information content (AvgIpc) is 3.26. The van der Waals surface area contributed by atoms with Crippen LogP contribution in [0, 0.1) is 34.8 Å². The van der Waals surface area contributed by atoms with Crippen LogP contribution in [0.4, 0.5) is 0 Å². The SMILES string of the molecule is CC(C)[Si](C#Cc1ccc(C#Cc2ccc(C#C[Si](C)(C)C)s2)s1)(C(C)C)C(C)C. The van der Waals surface area contributed by atoms with E-state index < -0.39 is 16.1 Å². The molecule has 0 bridgehead atoms. The Bertz CT molecular complexity index is 1020. The number of thiophene rings is 2. The van der Waals surface area contributed by atoms with Crippen LogP contribution in [0.3, 0.4) is 0 Å². The van der Waals surface area contributed by atoms with Gasteiger partial charge in [0.15, 0.2) is 0 Å². The van der Waals surface area contributed by atoms with Crippen molar-refractivity contribution in [2.45, 2.75) is 77.8 Å². The van der Waals surface area contributed by atoms with Crippen LogP contribution in [0.1, 0.15) is 61.1 Å². The minimum atomic E-state index is -1.69. The van der Waals surface area contributed by atoms with E-state index in [1.54, 1.807) is 22.7 Å². The number of hydrogen-bond acceptors (Lipinski definition) is 2. The van der Waals surface area contributed by atoms with E-state index in [1.165, 1.54) is 0 Å². The Hall–Kier alpha value is -1.49. The molecule has 0 aliphatic carbocycles. The van der Waals surface area contributed by atoms with Gasteiger partial charge in [-0.3, -0.25) is 0 Å². The van der Waals surface area contributed by atoms with Crippen LogP contribution in [-0.2, 0) is 0 Å². The molecule has 0 aliphatic rings. The maximum atomic E-state index is 3.81. The highest BCUT2D eigenvalue weighted by atomic mass is 32.1. The molecule has 0 nitrogen and oxygen atoms in total. The van der Waals surface area contributed by atoms with Crippen molar-refractivity contribution < 1.29 is 0 Å². The molecule has 2 aromatic heterocycles. The predicted octanol–water partition coefficient (Wildman–Crippen LogP) is 8.01.